The molecule has 0 fully saturated rings. The van der Waals surface area contributed by atoms with E-state index in [9.17, 15) is 8.42 Å². The molecule has 32 heavy (non-hydrogen) atoms. The number of nitrogens with zero attached hydrogens (tertiary/aromatic N) is 1. The minimum atomic E-state index is -3.60. The molecule has 1 aliphatic heterocycles. The molecule has 0 saturated heterocycles. The van der Waals surface area contributed by atoms with Crippen LogP contribution in [0.4, 0.5) is 17.1 Å². The maximum Gasteiger partial charge on any atom is 0.264 e. The summed E-state index contributed by atoms with van der Waals surface area (Å²) in [5.41, 5.74) is 4.77. The van der Waals surface area contributed by atoms with E-state index in [-0.39, 0.29) is 4.90 Å². The first-order valence-electron chi connectivity index (χ1n) is 10.8. The molecule has 0 aromatic heterocycles. The van der Waals surface area contributed by atoms with Gasteiger partial charge in [-0.2, -0.15) is 0 Å². The summed E-state index contributed by atoms with van der Waals surface area (Å²) in [7, 11) is -3.60. The van der Waals surface area contributed by atoms with Gasteiger partial charge in [0.15, 0.2) is 5.11 Å². The predicted molar refractivity (Wildman–Crippen MR) is 136 cm³/mol. The Morgan fingerprint density at radius 3 is 2.22 bits per heavy atom. The van der Waals surface area contributed by atoms with E-state index in [1.165, 1.54) is 22.7 Å². The average molecular weight is 466 g/mol. The third-order valence-corrected chi connectivity index (χ3v) is 7.61. The van der Waals surface area contributed by atoms with Gasteiger partial charge in [-0.1, -0.05) is 43.7 Å². The number of hydrogen-bond donors (Lipinski definition) is 2. The fourth-order valence-electron chi connectivity index (χ4n) is 3.82. The summed E-state index contributed by atoms with van der Waals surface area (Å²) in [4.78, 5) is 0.265. The lowest BCUT2D eigenvalue weighted by Crippen LogP contribution is -2.29. The molecule has 0 amide bonds. The minimum Gasteiger partial charge on any atom is -0.332 e. The molecule has 166 valence electrons. The second-order valence-electron chi connectivity index (χ2n) is 7.86. The van der Waals surface area contributed by atoms with Crippen LogP contribution in [0.15, 0.2) is 77.7 Å². The van der Waals surface area contributed by atoms with Crippen LogP contribution in [-0.2, 0) is 22.9 Å². The molecule has 4 rings (SSSR count). The second-order valence-corrected chi connectivity index (χ2v) is 10.1. The number of anilines is 3. The number of unbranched alkanes of at least 4 members (excludes halogenated alkanes) is 1. The summed E-state index contributed by atoms with van der Waals surface area (Å²) in [6.07, 6.45) is 4.18. The zero-order valence-electron chi connectivity index (χ0n) is 18.0. The highest BCUT2D eigenvalue weighted by molar-refractivity contribution is 7.92. The zero-order chi connectivity index (χ0) is 22.6. The van der Waals surface area contributed by atoms with Crippen LogP contribution < -0.4 is 14.9 Å². The Labute approximate surface area is 195 Å². The van der Waals surface area contributed by atoms with Gasteiger partial charge in [0.1, 0.15) is 0 Å². The predicted octanol–water partition coefficient (Wildman–Crippen LogP) is 5.59. The SMILES string of the molecule is CCCCc1ccc(NC(=S)Nc2ccc(S(=O)(=O)N3CCc4ccccc43)cc2)cc1. The van der Waals surface area contributed by atoms with Gasteiger partial charge in [0.25, 0.3) is 10.0 Å². The van der Waals surface area contributed by atoms with Crippen LogP contribution in [0.25, 0.3) is 0 Å². The Hall–Kier alpha value is -2.90. The molecule has 1 aliphatic rings. The number of hydrogen-bond acceptors (Lipinski definition) is 3. The second kappa shape index (κ2) is 9.71. The van der Waals surface area contributed by atoms with Gasteiger partial charge in [-0.25, -0.2) is 8.42 Å². The summed E-state index contributed by atoms with van der Waals surface area (Å²) >= 11 is 5.41. The van der Waals surface area contributed by atoms with Crippen molar-refractivity contribution in [2.75, 3.05) is 21.5 Å². The summed E-state index contributed by atoms with van der Waals surface area (Å²) < 4.78 is 27.8. The first-order chi connectivity index (χ1) is 15.5. The number of para-hydroxylation sites is 1. The molecule has 0 unspecified atom stereocenters. The van der Waals surface area contributed by atoms with Crippen LogP contribution >= 0.6 is 12.2 Å². The third kappa shape index (κ3) is 4.95. The summed E-state index contributed by atoms with van der Waals surface area (Å²) in [5.74, 6) is 0. The number of nitrogens with one attached hydrogen (secondary N) is 2. The van der Waals surface area contributed by atoms with Crippen molar-refractivity contribution in [2.24, 2.45) is 0 Å². The van der Waals surface area contributed by atoms with Crippen LogP contribution in [-0.4, -0.2) is 20.1 Å². The average Bonchev–Trinajstić information content (AvgIpc) is 3.24. The first kappa shape index (κ1) is 22.3. The molecule has 0 saturated carbocycles. The van der Waals surface area contributed by atoms with Gasteiger partial charge in [-0.3, -0.25) is 4.31 Å². The zero-order valence-corrected chi connectivity index (χ0v) is 19.7. The van der Waals surface area contributed by atoms with Gasteiger partial charge < -0.3 is 10.6 Å². The number of thiocarbonyl (C=S) groups is 1. The van der Waals surface area contributed by atoms with Gasteiger partial charge in [-0.05, 0) is 85.1 Å². The van der Waals surface area contributed by atoms with Gasteiger partial charge in [0.2, 0.25) is 0 Å². The van der Waals surface area contributed by atoms with Crippen molar-refractivity contribution < 1.29 is 8.42 Å². The van der Waals surface area contributed by atoms with E-state index in [1.54, 1.807) is 24.3 Å². The third-order valence-electron chi connectivity index (χ3n) is 5.58. The van der Waals surface area contributed by atoms with Crippen molar-refractivity contribution >= 4 is 44.4 Å². The van der Waals surface area contributed by atoms with Crippen LogP contribution in [0.3, 0.4) is 0 Å². The summed E-state index contributed by atoms with van der Waals surface area (Å²) in [6.45, 7) is 2.65. The van der Waals surface area contributed by atoms with Gasteiger partial charge in [0, 0.05) is 17.9 Å². The first-order valence-corrected chi connectivity index (χ1v) is 12.7. The topological polar surface area (TPSA) is 61.4 Å². The van der Waals surface area contributed by atoms with E-state index in [1.807, 2.05) is 36.4 Å². The Bertz CT molecular complexity index is 1190. The highest BCUT2D eigenvalue weighted by Gasteiger charge is 2.30. The fourth-order valence-corrected chi connectivity index (χ4v) is 5.56. The molecular weight excluding hydrogens is 438 g/mol. The smallest absolute Gasteiger partial charge is 0.264 e. The lowest BCUT2D eigenvalue weighted by atomic mass is 10.1. The summed E-state index contributed by atoms with van der Waals surface area (Å²) in [6, 6.07) is 22.6. The monoisotopic (exact) mass is 465 g/mol. The maximum atomic E-state index is 13.1. The van der Waals surface area contributed by atoms with Gasteiger partial charge in [-0.15, -0.1) is 0 Å². The van der Waals surface area contributed by atoms with Crippen LogP contribution in [0.2, 0.25) is 0 Å². The van der Waals surface area contributed by atoms with Crippen molar-refractivity contribution in [2.45, 2.75) is 37.5 Å². The Balaban J connectivity index is 1.39. The molecule has 2 N–H and O–H groups in total. The van der Waals surface area contributed by atoms with E-state index in [0.29, 0.717) is 11.7 Å². The molecule has 0 spiro atoms. The van der Waals surface area contributed by atoms with E-state index in [2.05, 4.69) is 29.7 Å². The molecule has 3 aromatic carbocycles. The molecule has 0 atom stereocenters. The molecule has 3 aromatic rings. The van der Waals surface area contributed by atoms with E-state index in [0.717, 1.165) is 35.5 Å². The quantitative estimate of drug-likeness (QED) is 0.446. The molecule has 0 aliphatic carbocycles. The Kier molecular flexibility index (Phi) is 6.77. The fraction of sp³-hybridized carbons (Fsp3) is 0.240. The van der Waals surface area contributed by atoms with Gasteiger partial charge >= 0.3 is 0 Å². The van der Waals surface area contributed by atoms with Gasteiger partial charge in [0.05, 0.1) is 10.6 Å². The molecule has 7 heteroatoms. The molecular formula is C25H27N3O2S2. The van der Waals surface area contributed by atoms with Crippen molar-refractivity contribution in [1.82, 2.24) is 0 Å². The van der Waals surface area contributed by atoms with Crippen LogP contribution in [0.5, 0.6) is 0 Å². The number of aryl methyl sites for hydroxylation is 1. The standard InChI is InChI=1S/C25H27N3O2S2/c1-2-3-6-19-9-11-21(12-10-19)26-25(31)27-22-13-15-23(16-14-22)32(29,30)28-18-17-20-7-4-5-8-24(20)28/h4-5,7-16H,2-3,6,17-18H2,1H3,(H2,26,27,31). The lowest BCUT2D eigenvalue weighted by Gasteiger charge is -2.20. The highest BCUT2D eigenvalue weighted by atomic mass is 32.2. The maximum absolute atomic E-state index is 13.1. The van der Waals surface area contributed by atoms with Crippen molar-refractivity contribution in [1.29, 1.82) is 0 Å². The molecule has 0 radical (unpaired) electrons. The van der Waals surface area contributed by atoms with Crippen molar-refractivity contribution in [3.8, 4) is 0 Å². The summed E-state index contributed by atoms with van der Waals surface area (Å²) in [5, 5.41) is 6.74. The van der Waals surface area contributed by atoms with Crippen LogP contribution in [0, 0.1) is 0 Å². The Morgan fingerprint density at radius 2 is 1.56 bits per heavy atom. The Morgan fingerprint density at radius 1 is 0.938 bits per heavy atom. The number of benzene rings is 3. The minimum absolute atomic E-state index is 0.265. The number of fused-ring (bicyclic) bond motifs is 1. The largest absolute Gasteiger partial charge is 0.332 e. The lowest BCUT2D eigenvalue weighted by molar-refractivity contribution is 0.592. The van der Waals surface area contributed by atoms with E-state index >= 15 is 0 Å². The molecule has 5 nitrogen and oxygen atoms in total. The number of rotatable bonds is 7. The van der Waals surface area contributed by atoms with E-state index < -0.39 is 10.0 Å². The normalized spacial score (nSPS) is 13.0. The highest BCUT2D eigenvalue weighted by Crippen LogP contribution is 2.32. The molecule has 0 bridgehead atoms. The van der Waals surface area contributed by atoms with Crippen molar-refractivity contribution in [3.05, 3.63) is 83.9 Å². The molecule has 1 heterocycles. The van der Waals surface area contributed by atoms with Crippen LogP contribution in [0.1, 0.15) is 30.9 Å². The van der Waals surface area contributed by atoms with Crippen molar-refractivity contribution in [3.63, 3.8) is 0 Å². The number of sulfonamides is 1. The van der Waals surface area contributed by atoms with E-state index in [4.69, 9.17) is 12.2 Å².